The minimum Gasteiger partial charge on any atom is -0.249 e. The van der Waals surface area contributed by atoms with Gasteiger partial charge in [0.2, 0.25) is 0 Å². The molecule has 0 aromatic heterocycles. The van der Waals surface area contributed by atoms with E-state index in [2.05, 4.69) is 0 Å². The smallest absolute Gasteiger partial charge is 0.0849 e. The Morgan fingerprint density at radius 1 is 0.800 bits per heavy atom. The molecule has 0 fully saturated rings. The summed E-state index contributed by atoms with van der Waals surface area (Å²) in [6.07, 6.45) is 0. The molecule has 0 aliphatic heterocycles. The second kappa shape index (κ2) is 4.41. The lowest BCUT2D eigenvalue weighted by Crippen LogP contribution is -1.91. The molecule has 0 saturated heterocycles. The Balaban J connectivity index is 2.33. The zero-order chi connectivity index (χ0) is 10.7. The van der Waals surface area contributed by atoms with Crippen LogP contribution in [0.1, 0.15) is 5.56 Å². The minimum absolute atomic E-state index is 0.848. The van der Waals surface area contributed by atoms with Gasteiger partial charge >= 0.3 is 0 Å². The lowest BCUT2D eigenvalue weighted by atomic mass is 10.2. The maximum atomic E-state index is 12.1. The molecular formula is C13H12OS. The molecule has 0 amide bonds. The Labute approximate surface area is 92.2 Å². The summed E-state index contributed by atoms with van der Waals surface area (Å²) < 4.78 is 12.1. The van der Waals surface area contributed by atoms with Crippen LogP contribution in [0.5, 0.6) is 0 Å². The minimum atomic E-state index is -1.06. The molecule has 0 unspecified atom stereocenters. The Morgan fingerprint density at radius 3 is 1.93 bits per heavy atom. The molecule has 2 aromatic rings. The second-order valence-corrected chi connectivity index (χ2v) is 4.88. The van der Waals surface area contributed by atoms with Gasteiger partial charge in [-0.3, -0.25) is 0 Å². The van der Waals surface area contributed by atoms with Crippen molar-refractivity contribution in [1.29, 1.82) is 0 Å². The second-order valence-electron chi connectivity index (χ2n) is 3.39. The third-order valence-corrected chi connectivity index (χ3v) is 3.59. The van der Waals surface area contributed by atoms with E-state index in [0.29, 0.717) is 0 Å². The van der Waals surface area contributed by atoms with E-state index in [-0.39, 0.29) is 0 Å². The predicted molar refractivity (Wildman–Crippen MR) is 62.3 cm³/mol. The molecule has 76 valence electrons. The normalized spacial score (nSPS) is 12.3. The lowest BCUT2D eigenvalue weighted by molar-refractivity contribution is 0.683. The van der Waals surface area contributed by atoms with Crippen LogP contribution >= 0.6 is 0 Å². The number of benzene rings is 2. The van der Waals surface area contributed by atoms with Gasteiger partial charge in [-0.2, -0.15) is 0 Å². The standard InChI is InChI=1S/C13H12OS/c1-11-7-9-13(10-8-11)15(14)12-5-3-2-4-6-12/h2-10H,1H3/t15-/m1/s1. The Hall–Kier alpha value is -1.41. The number of aryl methyl sites for hydroxylation is 1. The van der Waals surface area contributed by atoms with Crippen molar-refractivity contribution in [2.24, 2.45) is 0 Å². The van der Waals surface area contributed by atoms with Crippen molar-refractivity contribution in [2.75, 3.05) is 0 Å². The van der Waals surface area contributed by atoms with Gasteiger partial charge in [-0.05, 0) is 31.2 Å². The van der Waals surface area contributed by atoms with Gasteiger partial charge in [-0.15, -0.1) is 0 Å². The van der Waals surface area contributed by atoms with Crippen LogP contribution in [-0.2, 0) is 10.8 Å². The Kier molecular flexibility index (Phi) is 2.97. The maximum Gasteiger partial charge on any atom is 0.0849 e. The molecule has 0 N–H and O–H groups in total. The first-order valence-corrected chi connectivity index (χ1v) is 5.96. The van der Waals surface area contributed by atoms with Crippen molar-refractivity contribution in [2.45, 2.75) is 16.7 Å². The molecule has 2 heteroatoms. The van der Waals surface area contributed by atoms with Crippen LogP contribution in [0.15, 0.2) is 64.4 Å². The molecule has 0 aliphatic carbocycles. The van der Waals surface area contributed by atoms with Crippen LogP contribution in [0.25, 0.3) is 0 Å². The zero-order valence-electron chi connectivity index (χ0n) is 8.51. The Morgan fingerprint density at radius 2 is 1.33 bits per heavy atom. The van der Waals surface area contributed by atoms with Gasteiger partial charge in [0, 0.05) is 9.79 Å². The van der Waals surface area contributed by atoms with E-state index in [0.717, 1.165) is 9.79 Å². The van der Waals surface area contributed by atoms with E-state index in [1.165, 1.54) is 5.56 Å². The van der Waals surface area contributed by atoms with Crippen LogP contribution in [0, 0.1) is 6.92 Å². The predicted octanol–water partition coefficient (Wildman–Crippen LogP) is 3.16. The molecule has 15 heavy (non-hydrogen) atoms. The van der Waals surface area contributed by atoms with E-state index >= 15 is 0 Å². The van der Waals surface area contributed by atoms with Crippen molar-refractivity contribution in [3.05, 3.63) is 60.2 Å². The van der Waals surface area contributed by atoms with Crippen LogP contribution < -0.4 is 0 Å². The summed E-state index contributed by atoms with van der Waals surface area (Å²) in [5.74, 6) is 0. The van der Waals surface area contributed by atoms with Crippen molar-refractivity contribution < 1.29 is 4.21 Å². The topological polar surface area (TPSA) is 17.1 Å². The average molecular weight is 216 g/mol. The summed E-state index contributed by atoms with van der Waals surface area (Å²) in [7, 11) is -1.06. The van der Waals surface area contributed by atoms with Crippen molar-refractivity contribution in [1.82, 2.24) is 0 Å². The molecule has 0 heterocycles. The molecule has 0 radical (unpaired) electrons. The fraction of sp³-hybridized carbons (Fsp3) is 0.0769. The van der Waals surface area contributed by atoms with Crippen LogP contribution in [-0.4, -0.2) is 4.21 Å². The molecule has 2 aromatic carbocycles. The first-order valence-electron chi connectivity index (χ1n) is 4.81. The van der Waals surface area contributed by atoms with E-state index in [4.69, 9.17) is 0 Å². The number of hydrogen-bond donors (Lipinski definition) is 0. The SMILES string of the molecule is Cc1ccc([S@](=O)c2ccccc2)cc1. The molecular weight excluding hydrogens is 204 g/mol. The van der Waals surface area contributed by atoms with Gasteiger partial charge in [0.15, 0.2) is 0 Å². The summed E-state index contributed by atoms with van der Waals surface area (Å²) in [5, 5.41) is 0. The molecule has 1 atom stereocenters. The van der Waals surface area contributed by atoms with E-state index in [1.807, 2.05) is 61.5 Å². The van der Waals surface area contributed by atoms with Crippen LogP contribution in [0.4, 0.5) is 0 Å². The quantitative estimate of drug-likeness (QED) is 0.753. The van der Waals surface area contributed by atoms with E-state index in [9.17, 15) is 4.21 Å². The summed E-state index contributed by atoms with van der Waals surface area (Å²) in [4.78, 5) is 1.70. The lowest BCUT2D eigenvalue weighted by Gasteiger charge is -2.02. The first-order chi connectivity index (χ1) is 7.27. The largest absolute Gasteiger partial charge is 0.249 e. The van der Waals surface area contributed by atoms with Crippen LogP contribution in [0.2, 0.25) is 0 Å². The highest BCUT2D eigenvalue weighted by molar-refractivity contribution is 7.85. The van der Waals surface area contributed by atoms with Gasteiger partial charge < -0.3 is 0 Å². The van der Waals surface area contributed by atoms with Gasteiger partial charge in [-0.1, -0.05) is 35.9 Å². The highest BCUT2D eigenvalue weighted by Crippen LogP contribution is 2.16. The maximum absolute atomic E-state index is 12.1. The zero-order valence-corrected chi connectivity index (χ0v) is 9.33. The van der Waals surface area contributed by atoms with Crippen molar-refractivity contribution in [3.63, 3.8) is 0 Å². The van der Waals surface area contributed by atoms with E-state index in [1.54, 1.807) is 0 Å². The highest BCUT2D eigenvalue weighted by atomic mass is 32.2. The summed E-state index contributed by atoms with van der Waals surface area (Å²) >= 11 is 0. The van der Waals surface area contributed by atoms with Gasteiger partial charge in [0.05, 0.1) is 10.8 Å². The van der Waals surface area contributed by atoms with Crippen LogP contribution in [0.3, 0.4) is 0 Å². The molecule has 0 aliphatic rings. The molecule has 1 nitrogen and oxygen atoms in total. The molecule has 2 rings (SSSR count). The summed E-state index contributed by atoms with van der Waals surface area (Å²) in [6.45, 7) is 2.02. The fourth-order valence-electron chi connectivity index (χ4n) is 1.34. The van der Waals surface area contributed by atoms with Gasteiger partial charge in [0.25, 0.3) is 0 Å². The first kappa shape index (κ1) is 10.1. The number of hydrogen-bond acceptors (Lipinski definition) is 1. The molecule has 0 saturated carbocycles. The number of rotatable bonds is 2. The highest BCUT2D eigenvalue weighted by Gasteiger charge is 2.04. The van der Waals surface area contributed by atoms with E-state index < -0.39 is 10.8 Å². The monoisotopic (exact) mass is 216 g/mol. The summed E-state index contributed by atoms with van der Waals surface area (Å²) in [5.41, 5.74) is 1.18. The van der Waals surface area contributed by atoms with Gasteiger partial charge in [0.1, 0.15) is 0 Å². The fourth-order valence-corrected chi connectivity index (χ4v) is 2.40. The molecule has 0 spiro atoms. The van der Waals surface area contributed by atoms with Gasteiger partial charge in [-0.25, -0.2) is 4.21 Å². The third-order valence-electron chi connectivity index (χ3n) is 2.19. The summed E-state index contributed by atoms with van der Waals surface area (Å²) in [6, 6.07) is 17.3. The van der Waals surface area contributed by atoms with Crippen molar-refractivity contribution >= 4 is 10.8 Å². The van der Waals surface area contributed by atoms with Crippen molar-refractivity contribution in [3.8, 4) is 0 Å². The third kappa shape index (κ3) is 2.34. The Bertz CT molecular complexity index is 460. The molecule has 0 bridgehead atoms. The average Bonchev–Trinajstić information content (AvgIpc) is 2.30.